The summed E-state index contributed by atoms with van der Waals surface area (Å²) in [6.07, 6.45) is 0. The van der Waals surface area contributed by atoms with Crippen LogP contribution < -0.4 is 0 Å². The van der Waals surface area contributed by atoms with Crippen molar-refractivity contribution < 1.29 is 38.9 Å². The van der Waals surface area contributed by atoms with Gasteiger partial charge in [-0.3, -0.25) is 4.79 Å². The van der Waals surface area contributed by atoms with Crippen LogP contribution in [0.5, 0.6) is 0 Å². The van der Waals surface area contributed by atoms with Crippen molar-refractivity contribution in [3.8, 4) is 34.8 Å². The molecular weight excluding hydrogens is 572 g/mol. The fourth-order valence-electron chi connectivity index (χ4n) is 4.08. The molecule has 0 unspecified atom stereocenters. The normalized spacial score (nSPS) is 9.75. The minimum Gasteiger partial charge on any atom is -0.759 e. The van der Waals surface area contributed by atoms with E-state index in [4.69, 9.17) is 0 Å². The number of carbonyl (C=O) groups is 1. The first-order valence-electron chi connectivity index (χ1n) is 12.4. The fourth-order valence-corrected chi connectivity index (χ4v) is 4.08. The van der Waals surface area contributed by atoms with Gasteiger partial charge in [-0.1, -0.05) is 35.9 Å². The summed E-state index contributed by atoms with van der Waals surface area (Å²) in [6.45, 7) is 0. The summed E-state index contributed by atoms with van der Waals surface area (Å²) in [6, 6.07) is 47.4. The van der Waals surface area contributed by atoms with Crippen LogP contribution >= 0.6 is 0 Å². The second kappa shape index (κ2) is 15.3. The number of carbonyl (C=O) groups excluding carboxylic acids is 1. The molecule has 0 saturated heterocycles. The van der Waals surface area contributed by atoms with Gasteiger partial charge in [0.1, 0.15) is 0 Å². The van der Waals surface area contributed by atoms with Crippen LogP contribution in [0, 0.1) is 23.7 Å². The third kappa shape index (κ3) is 7.85. The average molecular weight is 596 g/mol. The van der Waals surface area contributed by atoms with Gasteiger partial charge in [-0.25, -0.2) is 24.3 Å². The van der Waals surface area contributed by atoms with Gasteiger partial charge < -0.3 is 41.7 Å². The predicted octanol–water partition coefficient (Wildman–Crippen LogP) is 7.94. The number of rotatable bonds is 0. The maximum Gasteiger partial charge on any atom is 0.194 e. The van der Waals surface area contributed by atoms with Gasteiger partial charge >= 0.3 is 0 Å². The van der Waals surface area contributed by atoms with Crippen molar-refractivity contribution in [1.29, 1.82) is 0 Å². The first kappa shape index (κ1) is 30.2. The molecule has 0 fully saturated rings. The van der Waals surface area contributed by atoms with E-state index in [0.717, 1.165) is 33.4 Å². The van der Waals surface area contributed by atoms with Gasteiger partial charge in [0.15, 0.2) is 5.78 Å². The Morgan fingerprint density at radius 2 is 1.05 bits per heavy atom. The van der Waals surface area contributed by atoms with Gasteiger partial charge in [0, 0.05) is 45.3 Å². The maximum absolute atomic E-state index is 13.0. The predicted molar refractivity (Wildman–Crippen MR) is 155 cm³/mol. The molecule has 6 aromatic carbocycles. The van der Waals surface area contributed by atoms with Crippen molar-refractivity contribution in [2.75, 3.05) is 0 Å². The molecule has 7 rings (SSSR count). The van der Waals surface area contributed by atoms with E-state index in [-0.39, 0.29) is 39.9 Å². The van der Waals surface area contributed by atoms with Crippen molar-refractivity contribution >= 4 is 5.78 Å². The zero-order valence-electron chi connectivity index (χ0n) is 21.5. The molecule has 0 N–H and O–H groups in total. The minimum atomic E-state index is 0. The number of hydrogen-bond donors (Lipinski definition) is 0. The van der Waals surface area contributed by atoms with Crippen LogP contribution in [0.3, 0.4) is 0 Å². The van der Waals surface area contributed by atoms with Crippen LogP contribution in [-0.2, 0) is 34.1 Å². The van der Waals surface area contributed by atoms with Crippen molar-refractivity contribution in [3.05, 3.63) is 179 Å². The molecule has 1 aliphatic rings. The number of hydrogen-bond acceptors (Lipinski definition) is 1. The van der Waals surface area contributed by atoms with Crippen LogP contribution in [0.15, 0.2) is 146 Å². The summed E-state index contributed by atoms with van der Waals surface area (Å²) in [4.78, 5) is 13.0. The monoisotopic (exact) mass is 596 g/mol. The van der Waals surface area contributed by atoms with Crippen molar-refractivity contribution in [2.24, 2.45) is 0 Å². The van der Waals surface area contributed by atoms with E-state index in [1.54, 1.807) is 0 Å². The van der Waals surface area contributed by atoms with Crippen molar-refractivity contribution in [1.82, 2.24) is 0 Å². The SMILES string of the molecule is O=C1c2cc(C#C[c-]3cccc3)ccc2-c2ccc(C#C[c-]3[cH-][cH-][cH-][cH-]3)cc21.[Fe].[Fe].c1cc[cH-]c1.c1cc[cH-]c1. The Balaban J connectivity index is 0.000000310. The van der Waals surface area contributed by atoms with Crippen LogP contribution in [0.4, 0.5) is 0 Å². The number of fused-ring (bicyclic) bond motifs is 3. The summed E-state index contributed by atoms with van der Waals surface area (Å²) in [5.74, 6) is 12.6. The molecule has 0 aromatic heterocycles. The van der Waals surface area contributed by atoms with Gasteiger partial charge in [-0.2, -0.15) is 65.9 Å². The molecule has 1 aliphatic carbocycles. The van der Waals surface area contributed by atoms with E-state index in [1.807, 2.05) is 146 Å². The van der Waals surface area contributed by atoms with E-state index < -0.39 is 0 Å². The van der Waals surface area contributed by atoms with Gasteiger partial charge in [0.25, 0.3) is 0 Å². The summed E-state index contributed by atoms with van der Waals surface area (Å²) < 4.78 is 0. The van der Waals surface area contributed by atoms with Gasteiger partial charge in [0.05, 0.1) is 0 Å². The molecule has 3 heteroatoms. The standard InChI is InChI=1S/C27H14O.2C5H5.2Fe/c28-27-25-17-21(11-9-19-5-1-2-6-19)13-15-23(25)24-16-14-22(18-26(24)27)12-10-20-7-3-4-8-20;2*1-2-4-5-3-1;;/h1-8,13-18H;2*1-5H;;/q-6;2*-1;;. The molecule has 40 heavy (non-hydrogen) atoms. The summed E-state index contributed by atoms with van der Waals surface area (Å²) in [7, 11) is 0. The molecule has 0 radical (unpaired) electrons. The largest absolute Gasteiger partial charge is 0.759 e. The van der Waals surface area contributed by atoms with Crippen LogP contribution in [0.2, 0.25) is 0 Å². The zero-order chi connectivity index (χ0) is 26.0. The van der Waals surface area contributed by atoms with E-state index in [2.05, 4.69) is 23.7 Å². The van der Waals surface area contributed by atoms with Crippen molar-refractivity contribution in [3.63, 3.8) is 0 Å². The molecule has 0 spiro atoms. The second-order valence-electron chi connectivity index (χ2n) is 8.62. The van der Waals surface area contributed by atoms with E-state index >= 15 is 0 Å². The number of ketones is 1. The molecule has 0 amide bonds. The van der Waals surface area contributed by atoms with E-state index in [1.165, 1.54) is 0 Å². The van der Waals surface area contributed by atoms with Gasteiger partial charge in [-0.05, 0) is 22.8 Å². The van der Waals surface area contributed by atoms with Crippen LogP contribution in [0.1, 0.15) is 38.2 Å². The van der Waals surface area contributed by atoms with Crippen LogP contribution in [0.25, 0.3) is 11.1 Å². The third-order valence-electron chi connectivity index (χ3n) is 5.96. The molecular formula is C37H24Fe2O-8. The minimum absolute atomic E-state index is 0. The molecule has 0 atom stereocenters. The van der Waals surface area contributed by atoms with Gasteiger partial charge in [-0.15, -0.1) is 12.1 Å². The third-order valence-corrected chi connectivity index (χ3v) is 5.96. The zero-order valence-corrected chi connectivity index (χ0v) is 23.7. The Kier molecular flexibility index (Phi) is 11.6. The Bertz CT molecular complexity index is 1550. The molecule has 6 aromatic rings. The second-order valence-corrected chi connectivity index (χ2v) is 8.62. The first-order valence-corrected chi connectivity index (χ1v) is 12.4. The Labute approximate surface area is 257 Å². The first-order chi connectivity index (χ1) is 18.8. The topological polar surface area (TPSA) is 17.1 Å². The van der Waals surface area contributed by atoms with E-state index in [0.29, 0.717) is 11.1 Å². The Morgan fingerprint density at radius 1 is 0.575 bits per heavy atom. The Morgan fingerprint density at radius 3 is 1.50 bits per heavy atom. The molecule has 1 nitrogen and oxygen atoms in total. The quantitative estimate of drug-likeness (QED) is 0.0988. The summed E-state index contributed by atoms with van der Waals surface area (Å²) in [5.41, 5.74) is 7.00. The molecule has 0 saturated carbocycles. The Hall–Kier alpha value is -4.33. The maximum atomic E-state index is 13.0. The summed E-state index contributed by atoms with van der Waals surface area (Å²) in [5, 5.41) is 0. The molecule has 0 heterocycles. The summed E-state index contributed by atoms with van der Waals surface area (Å²) >= 11 is 0. The molecule has 202 valence electrons. The fraction of sp³-hybridized carbons (Fsp3) is 0. The number of benzene rings is 2. The molecule has 0 aliphatic heterocycles. The van der Waals surface area contributed by atoms with E-state index in [9.17, 15) is 4.79 Å². The van der Waals surface area contributed by atoms with Crippen molar-refractivity contribution in [2.45, 2.75) is 0 Å². The smallest absolute Gasteiger partial charge is 0.194 e. The average Bonchev–Trinajstić information content (AvgIpc) is 3.80. The van der Waals surface area contributed by atoms with Crippen LogP contribution in [-0.4, -0.2) is 5.78 Å². The van der Waals surface area contributed by atoms with Gasteiger partial charge in [0.2, 0.25) is 0 Å². The molecule has 0 bridgehead atoms.